The van der Waals surface area contributed by atoms with E-state index in [-0.39, 0.29) is 17.9 Å². The Hall–Kier alpha value is -2.36. The molecule has 0 saturated heterocycles. The molecule has 0 atom stereocenters. The minimum Gasteiger partial charge on any atom is -0.493 e. The van der Waals surface area contributed by atoms with E-state index in [1.54, 1.807) is 12.1 Å². The van der Waals surface area contributed by atoms with Gasteiger partial charge in [0.25, 0.3) is 11.8 Å². The third-order valence-corrected chi connectivity index (χ3v) is 6.57. The van der Waals surface area contributed by atoms with Crippen LogP contribution in [-0.4, -0.2) is 76.2 Å². The lowest BCUT2D eigenvalue weighted by Gasteiger charge is -2.24. The molecule has 210 valence electrons. The summed E-state index contributed by atoms with van der Waals surface area (Å²) < 4.78 is 12.2. The first kappa shape index (κ1) is 30.9. The Morgan fingerprint density at radius 2 is 1.41 bits per heavy atom. The van der Waals surface area contributed by atoms with Gasteiger partial charge in [-0.15, -0.1) is 0 Å². The molecular weight excluding hydrogens is 470 g/mol. The molecule has 2 amide bonds. The molecule has 1 fully saturated rings. The van der Waals surface area contributed by atoms with Gasteiger partial charge in [-0.3, -0.25) is 9.59 Å². The molecule has 9 nitrogen and oxygen atoms in total. The minimum absolute atomic E-state index is 0.148. The zero-order valence-corrected chi connectivity index (χ0v) is 23.0. The van der Waals surface area contributed by atoms with E-state index >= 15 is 0 Å². The fourth-order valence-electron chi connectivity index (χ4n) is 4.36. The topological polar surface area (TPSA) is 132 Å². The molecule has 1 aromatic rings. The maximum atomic E-state index is 13.4. The van der Waals surface area contributed by atoms with Crippen LogP contribution in [0.2, 0.25) is 0 Å². The summed E-state index contributed by atoms with van der Waals surface area (Å²) in [5, 5.41) is 6.12. The van der Waals surface area contributed by atoms with Crippen molar-refractivity contribution in [2.75, 3.05) is 53.5 Å². The molecule has 0 aliphatic heterocycles. The first-order valence-corrected chi connectivity index (χ1v) is 14.0. The summed E-state index contributed by atoms with van der Waals surface area (Å²) in [7, 11) is 3.91. The van der Waals surface area contributed by atoms with Gasteiger partial charge in [0.15, 0.2) is 0 Å². The van der Waals surface area contributed by atoms with Crippen molar-refractivity contribution < 1.29 is 19.1 Å². The third kappa shape index (κ3) is 11.7. The van der Waals surface area contributed by atoms with Gasteiger partial charge in [-0.05, 0) is 84.6 Å². The number of ether oxygens (including phenoxy) is 2. The van der Waals surface area contributed by atoms with E-state index in [9.17, 15) is 9.59 Å². The van der Waals surface area contributed by atoms with Gasteiger partial charge in [0.1, 0.15) is 11.5 Å². The molecule has 6 N–H and O–H groups in total. The summed E-state index contributed by atoms with van der Waals surface area (Å²) in [6, 6.07) is 3.49. The average Bonchev–Trinajstić information content (AvgIpc) is 2.88. The number of carbonyl (C=O) groups excluding carboxylic acids is 2. The van der Waals surface area contributed by atoms with Crippen LogP contribution in [0.4, 0.5) is 0 Å². The fourth-order valence-corrected chi connectivity index (χ4v) is 4.36. The molecule has 0 unspecified atom stereocenters. The number of nitrogens with one attached hydrogen (secondary N) is 2. The molecule has 1 aliphatic rings. The predicted octanol–water partition coefficient (Wildman–Crippen LogP) is 3.06. The molecule has 0 aromatic heterocycles. The lowest BCUT2D eigenvalue weighted by molar-refractivity contribution is 0.0923. The van der Waals surface area contributed by atoms with Crippen LogP contribution < -0.4 is 31.6 Å². The van der Waals surface area contributed by atoms with Crippen molar-refractivity contribution in [3.63, 3.8) is 0 Å². The lowest BCUT2D eigenvalue weighted by atomic mass is 9.95. The number of likely N-dealkylation sites (N-methyl/N-ethyl adjacent to an activating group) is 1. The minimum atomic E-state index is -0.264. The first-order valence-electron chi connectivity index (χ1n) is 14.0. The maximum absolute atomic E-state index is 13.4. The maximum Gasteiger partial charge on any atom is 0.255 e. The first-order chi connectivity index (χ1) is 18.0. The smallest absolute Gasteiger partial charge is 0.255 e. The number of benzene rings is 1. The van der Waals surface area contributed by atoms with Crippen molar-refractivity contribution in [1.82, 2.24) is 15.5 Å². The molecule has 1 saturated carbocycles. The summed E-state index contributed by atoms with van der Waals surface area (Å²) in [6.07, 6.45) is 10.8. The Morgan fingerprint density at radius 3 is 1.95 bits per heavy atom. The molecule has 0 heterocycles. The number of unbranched alkanes of at least 4 members (excludes halogenated alkanes) is 4. The standard InChI is InChI=1S/C28H49N5O4/c1-33(2)17-16-31-27(34)23-20-24(28(35)32-22-12-6-3-7-13-22)26(37-19-11-5-9-15-30)21-25(23)36-18-10-4-8-14-29/h20-22H,3-19,29-30H2,1-2H3,(H,31,34)(H,32,35). The highest BCUT2D eigenvalue weighted by molar-refractivity contribution is 6.03. The molecule has 9 heteroatoms. The lowest BCUT2D eigenvalue weighted by Crippen LogP contribution is -2.36. The molecule has 2 rings (SSSR count). The van der Waals surface area contributed by atoms with Gasteiger partial charge >= 0.3 is 0 Å². The monoisotopic (exact) mass is 519 g/mol. The number of nitrogens with two attached hydrogens (primary N) is 2. The van der Waals surface area contributed by atoms with Crippen molar-refractivity contribution in [3.8, 4) is 11.5 Å². The Balaban J connectivity index is 2.29. The quantitative estimate of drug-likeness (QED) is 0.219. The molecule has 0 bridgehead atoms. The van der Waals surface area contributed by atoms with Gasteiger partial charge in [0.2, 0.25) is 0 Å². The van der Waals surface area contributed by atoms with Gasteiger partial charge in [-0.2, -0.15) is 0 Å². The van der Waals surface area contributed by atoms with Crippen molar-refractivity contribution in [2.24, 2.45) is 11.5 Å². The molecule has 0 spiro atoms. The summed E-state index contributed by atoms with van der Waals surface area (Å²) >= 11 is 0. The second-order valence-electron chi connectivity index (χ2n) is 10.1. The highest BCUT2D eigenvalue weighted by Crippen LogP contribution is 2.31. The highest BCUT2D eigenvalue weighted by atomic mass is 16.5. The van der Waals surface area contributed by atoms with E-state index < -0.39 is 0 Å². The average molecular weight is 520 g/mol. The zero-order chi connectivity index (χ0) is 26.9. The Morgan fingerprint density at radius 1 is 0.838 bits per heavy atom. The van der Waals surface area contributed by atoms with Crippen LogP contribution in [0.25, 0.3) is 0 Å². The highest BCUT2D eigenvalue weighted by Gasteiger charge is 2.24. The number of rotatable bonds is 18. The second kappa shape index (κ2) is 18.0. The number of amides is 2. The van der Waals surface area contributed by atoms with Crippen LogP contribution in [0.1, 0.15) is 91.3 Å². The molecule has 1 aliphatic carbocycles. The number of nitrogens with zero attached hydrogens (tertiary/aromatic N) is 1. The number of hydrogen-bond donors (Lipinski definition) is 4. The molecule has 37 heavy (non-hydrogen) atoms. The van der Waals surface area contributed by atoms with Crippen molar-refractivity contribution >= 4 is 11.8 Å². The van der Waals surface area contributed by atoms with Crippen LogP contribution in [-0.2, 0) is 0 Å². The van der Waals surface area contributed by atoms with Crippen LogP contribution in [0.15, 0.2) is 12.1 Å². The summed E-state index contributed by atoms with van der Waals surface area (Å²) in [4.78, 5) is 28.6. The van der Waals surface area contributed by atoms with E-state index in [2.05, 4.69) is 10.6 Å². The summed E-state index contributed by atoms with van der Waals surface area (Å²) in [5.74, 6) is 0.407. The Kier molecular flexibility index (Phi) is 15.0. The van der Waals surface area contributed by atoms with Gasteiger partial charge in [-0.25, -0.2) is 0 Å². The number of carbonyl (C=O) groups is 2. The van der Waals surface area contributed by atoms with Crippen LogP contribution >= 0.6 is 0 Å². The van der Waals surface area contributed by atoms with E-state index in [0.717, 1.165) is 64.2 Å². The summed E-state index contributed by atoms with van der Waals surface area (Å²) in [6.45, 7) is 3.42. The van der Waals surface area contributed by atoms with E-state index in [4.69, 9.17) is 20.9 Å². The molecule has 1 aromatic carbocycles. The predicted molar refractivity (Wildman–Crippen MR) is 148 cm³/mol. The molecular formula is C28H49N5O4. The van der Waals surface area contributed by atoms with Crippen molar-refractivity contribution in [3.05, 3.63) is 23.3 Å². The largest absolute Gasteiger partial charge is 0.493 e. The van der Waals surface area contributed by atoms with Gasteiger partial charge in [0, 0.05) is 25.2 Å². The van der Waals surface area contributed by atoms with Crippen LogP contribution in [0, 0.1) is 0 Å². The normalized spacial score (nSPS) is 14.0. The summed E-state index contributed by atoms with van der Waals surface area (Å²) in [5.41, 5.74) is 11.9. The van der Waals surface area contributed by atoms with Crippen LogP contribution in [0.3, 0.4) is 0 Å². The number of hydrogen-bond acceptors (Lipinski definition) is 7. The van der Waals surface area contributed by atoms with Crippen molar-refractivity contribution in [1.29, 1.82) is 0 Å². The van der Waals surface area contributed by atoms with Gasteiger partial charge in [0.05, 0.1) is 24.3 Å². The molecule has 0 radical (unpaired) electrons. The SMILES string of the molecule is CN(C)CCNC(=O)c1cc(C(=O)NC2CCCCC2)c(OCCCCCN)cc1OCCCCCN. The van der Waals surface area contributed by atoms with E-state index in [1.807, 2.05) is 19.0 Å². The third-order valence-electron chi connectivity index (χ3n) is 6.57. The Labute approximate surface area is 223 Å². The van der Waals surface area contributed by atoms with Crippen molar-refractivity contribution in [2.45, 2.75) is 76.7 Å². The Bertz CT molecular complexity index is 812. The zero-order valence-electron chi connectivity index (χ0n) is 23.0. The van der Waals surface area contributed by atoms with E-state index in [1.165, 1.54) is 6.42 Å². The second-order valence-corrected chi connectivity index (χ2v) is 10.1. The van der Waals surface area contributed by atoms with Gasteiger partial charge in [-0.1, -0.05) is 19.3 Å². The van der Waals surface area contributed by atoms with E-state index in [0.29, 0.717) is 62.0 Å². The van der Waals surface area contributed by atoms with Crippen LogP contribution in [0.5, 0.6) is 11.5 Å². The van der Waals surface area contributed by atoms with Gasteiger partial charge < -0.3 is 36.5 Å². The fraction of sp³-hybridized carbons (Fsp3) is 0.714.